The molecule has 3 nitrogen and oxygen atoms in total. The summed E-state index contributed by atoms with van der Waals surface area (Å²) in [5.74, 6) is -0.567. The lowest BCUT2D eigenvalue weighted by Gasteiger charge is -2.13. The Balaban J connectivity index is 1.95. The van der Waals surface area contributed by atoms with Gasteiger partial charge < -0.3 is 9.88 Å². The third-order valence-electron chi connectivity index (χ3n) is 3.38. The highest BCUT2D eigenvalue weighted by molar-refractivity contribution is 7.17. The molecule has 0 aliphatic rings. The van der Waals surface area contributed by atoms with Crippen molar-refractivity contribution in [2.45, 2.75) is 6.18 Å². The lowest BCUT2D eigenvalue weighted by atomic mass is 10.1. The summed E-state index contributed by atoms with van der Waals surface area (Å²) in [5, 5.41) is 4.24. The van der Waals surface area contributed by atoms with Crippen LogP contribution in [0.1, 0.15) is 16.1 Å². The Hall–Kier alpha value is -2.28. The number of hydrogen-bond donors (Lipinski definition) is 1. The van der Waals surface area contributed by atoms with E-state index in [1.807, 2.05) is 11.4 Å². The number of aromatic nitrogens is 1. The molecule has 1 aromatic carbocycles. The third-order valence-corrected chi connectivity index (χ3v) is 4.23. The molecule has 0 bridgehead atoms. The minimum Gasteiger partial charge on any atom is -0.339 e. The number of hydrogen-bond acceptors (Lipinski definition) is 2. The van der Waals surface area contributed by atoms with Gasteiger partial charge in [-0.25, -0.2) is 0 Å². The number of aryl methyl sites for hydroxylation is 1. The molecule has 3 rings (SSSR count). The van der Waals surface area contributed by atoms with E-state index in [0.29, 0.717) is 5.69 Å². The van der Waals surface area contributed by atoms with Crippen LogP contribution in [0.15, 0.2) is 41.8 Å². The first kappa shape index (κ1) is 14.6. The number of thiophene rings is 1. The van der Waals surface area contributed by atoms with E-state index < -0.39 is 17.6 Å². The molecule has 2 aromatic heterocycles. The highest BCUT2D eigenvalue weighted by Crippen LogP contribution is 2.35. The van der Waals surface area contributed by atoms with Crippen LogP contribution in [0.5, 0.6) is 0 Å². The van der Waals surface area contributed by atoms with Crippen LogP contribution in [0.4, 0.5) is 18.9 Å². The largest absolute Gasteiger partial charge is 0.418 e. The van der Waals surface area contributed by atoms with Crippen LogP contribution in [0, 0.1) is 0 Å². The van der Waals surface area contributed by atoms with Crippen LogP contribution in [-0.4, -0.2) is 10.5 Å². The van der Waals surface area contributed by atoms with Crippen molar-refractivity contribution in [1.82, 2.24) is 4.57 Å². The van der Waals surface area contributed by atoms with E-state index in [1.165, 1.54) is 29.5 Å². The second kappa shape index (κ2) is 5.17. The number of carbonyl (C=O) groups is 1. The molecule has 0 radical (unpaired) electrons. The number of carbonyl (C=O) groups excluding carboxylic acids is 1. The van der Waals surface area contributed by atoms with Crippen LogP contribution in [0.25, 0.3) is 10.2 Å². The SMILES string of the molecule is Cn1c(C(=O)Nc2ccccc2C(F)(F)F)cc2sccc21. The van der Waals surface area contributed by atoms with Gasteiger partial charge >= 0.3 is 6.18 Å². The molecular weight excluding hydrogens is 313 g/mol. The number of nitrogens with zero attached hydrogens (tertiary/aromatic N) is 1. The monoisotopic (exact) mass is 324 g/mol. The van der Waals surface area contributed by atoms with E-state index >= 15 is 0 Å². The van der Waals surface area contributed by atoms with Gasteiger partial charge in [-0.1, -0.05) is 12.1 Å². The molecule has 0 aliphatic carbocycles. The Morgan fingerprint density at radius 1 is 1.23 bits per heavy atom. The predicted molar refractivity (Wildman–Crippen MR) is 80.2 cm³/mol. The average molecular weight is 324 g/mol. The van der Waals surface area contributed by atoms with Gasteiger partial charge in [0.25, 0.3) is 5.91 Å². The molecule has 0 atom stereocenters. The minimum absolute atomic E-state index is 0.246. The van der Waals surface area contributed by atoms with Gasteiger partial charge in [0, 0.05) is 7.05 Å². The first-order valence-electron chi connectivity index (χ1n) is 6.38. The Morgan fingerprint density at radius 3 is 2.64 bits per heavy atom. The molecule has 0 saturated carbocycles. The van der Waals surface area contributed by atoms with Crippen LogP contribution in [0.2, 0.25) is 0 Å². The molecule has 0 unspecified atom stereocenters. The van der Waals surface area contributed by atoms with E-state index in [-0.39, 0.29) is 5.69 Å². The predicted octanol–water partition coefficient (Wildman–Crippen LogP) is 4.51. The van der Waals surface area contributed by atoms with Gasteiger partial charge in [0.1, 0.15) is 5.69 Å². The molecule has 0 aliphatic heterocycles. The van der Waals surface area contributed by atoms with Gasteiger partial charge in [-0.05, 0) is 29.6 Å². The number of amides is 1. The summed E-state index contributed by atoms with van der Waals surface area (Å²) < 4.78 is 41.4. The smallest absolute Gasteiger partial charge is 0.339 e. The third kappa shape index (κ3) is 2.48. The average Bonchev–Trinajstić information content (AvgIpc) is 3.01. The topological polar surface area (TPSA) is 34.0 Å². The van der Waals surface area contributed by atoms with E-state index in [0.717, 1.165) is 16.3 Å². The number of halogens is 3. The first-order valence-corrected chi connectivity index (χ1v) is 7.26. The zero-order valence-electron chi connectivity index (χ0n) is 11.4. The minimum atomic E-state index is -4.52. The zero-order valence-corrected chi connectivity index (χ0v) is 12.3. The maximum atomic E-state index is 12.9. The summed E-state index contributed by atoms with van der Waals surface area (Å²) in [6.07, 6.45) is -4.52. The summed E-state index contributed by atoms with van der Waals surface area (Å²) in [7, 11) is 1.71. The van der Waals surface area contributed by atoms with Crippen LogP contribution in [-0.2, 0) is 13.2 Å². The lowest BCUT2D eigenvalue weighted by Crippen LogP contribution is -2.18. The summed E-state index contributed by atoms with van der Waals surface area (Å²) >= 11 is 1.47. The van der Waals surface area contributed by atoms with E-state index in [9.17, 15) is 18.0 Å². The van der Waals surface area contributed by atoms with Crippen LogP contribution < -0.4 is 5.32 Å². The van der Waals surface area contributed by atoms with Crippen molar-refractivity contribution in [1.29, 1.82) is 0 Å². The molecule has 1 N–H and O–H groups in total. The summed E-state index contributed by atoms with van der Waals surface area (Å²) in [5.41, 5.74) is 0.0852. The Labute approximate surface area is 128 Å². The van der Waals surface area contributed by atoms with Crippen molar-refractivity contribution in [2.75, 3.05) is 5.32 Å². The number of para-hydroxylation sites is 1. The molecule has 3 aromatic rings. The van der Waals surface area contributed by atoms with Crippen molar-refractivity contribution in [3.05, 3.63) is 53.0 Å². The highest BCUT2D eigenvalue weighted by Gasteiger charge is 2.33. The lowest BCUT2D eigenvalue weighted by molar-refractivity contribution is -0.136. The summed E-state index contributed by atoms with van der Waals surface area (Å²) in [6.45, 7) is 0. The van der Waals surface area contributed by atoms with Crippen molar-refractivity contribution in [3.8, 4) is 0 Å². The second-order valence-electron chi connectivity index (χ2n) is 4.76. The standard InChI is InChI=1S/C15H11F3N2OS/c1-20-11-6-7-22-13(11)8-12(20)14(21)19-10-5-3-2-4-9(10)15(16,17)18/h2-8H,1H3,(H,19,21). The van der Waals surface area contributed by atoms with Gasteiger partial charge in [-0.3, -0.25) is 4.79 Å². The molecule has 1 amide bonds. The maximum absolute atomic E-state index is 12.9. The number of alkyl halides is 3. The fourth-order valence-electron chi connectivity index (χ4n) is 2.29. The maximum Gasteiger partial charge on any atom is 0.418 e. The zero-order chi connectivity index (χ0) is 15.9. The van der Waals surface area contributed by atoms with Crippen molar-refractivity contribution >= 4 is 33.1 Å². The number of benzene rings is 1. The van der Waals surface area contributed by atoms with Gasteiger partial charge in [-0.15, -0.1) is 11.3 Å². The number of rotatable bonds is 2. The van der Waals surface area contributed by atoms with E-state index in [4.69, 9.17) is 0 Å². The summed E-state index contributed by atoms with van der Waals surface area (Å²) in [6, 6.07) is 8.46. The fraction of sp³-hybridized carbons (Fsp3) is 0.133. The van der Waals surface area contributed by atoms with Gasteiger partial charge in [-0.2, -0.15) is 13.2 Å². The normalized spacial score (nSPS) is 11.8. The Kier molecular flexibility index (Phi) is 3.44. The van der Waals surface area contributed by atoms with Gasteiger partial charge in [0.05, 0.1) is 21.5 Å². The van der Waals surface area contributed by atoms with Crippen LogP contribution in [0.3, 0.4) is 0 Å². The fourth-order valence-corrected chi connectivity index (χ4v) is 3.14. The van der Waals surface area contributed by atoms with Crippen molar-refractivity contribution in [2.24, 2.45) is 7.05 Å². The van der Waals surface area contributed by atoms with Gasteiger partial charge in [0.2, 0.25) is 0 Å². The Morgan fingerprint density at radius 2 is 1.95 bits per heavy atom. The van der Waals surface area contributed by atoms with E-state index in [2.05, 4.69) is 5.32 Å². The molecule has 22 heavy (non-hydrogen) atoms. The molecule has 7 heteroatoms. The number of anilines is 1. The van der Waals surface area contributed by atoms with Crippen molar-refractivity contribution < 1.29 is 18.0 Å². The quantitative estimate of drug-likeness (QED) is 0.739. The molecule has 0 saturated heterocycles. The molecule has 0 fully saturated rings. The first-order chi connectivity index (χ1) is 10.4. The molecule has 0 spiro atoms. The molecule has 114 valence electrons. The number of nitrogens with one attached hydrogen (secondary N) is 1. The number of fused-ring (bicyclic) bond motifs is 1. The Bertz CT molecular complexity index is 848. The van der Waals surface area contributed by atoms with Crippen molar-refractivity contribution in [3.63, 3.8) is 0 Å². The highest BCUT2D eigenvalue weighted by atomic mass is 32.1. The van der Waals surface area contributed by atoms with Gasteiger partial charge in [0.15, 0.2) is 0 Å². The van der Waals surface area contributed by atoms with Crippen LogP contribution >= 0.6 is 11.3 Å². The second-order valence-corrected chi connectivity index (χ2v) is 5.70. The van der Waals surface area contributed by atoms with E-state index in [1.54, 1.807) is 17.7 Å². The molecular formula is C15H11F3N2OS. The summed E-state index contributed by atoms with van der Waals surface area (Å²) in [4.78, 5) is 12.3. The molecule has 2 heterocycles.